The molecule has 0 spiro atoms. The fraction of sp³-hybridized carbons (Fsp3) is 0. The molecule has 5 heteroatoms. The summed E-state index contributed by atoms with van der Waals surface area (Å²) in [4.78, 5) is 3.86. The number of nitrogens with zero attached hydrogens (tertiary/aromatic N) is 1. The fourth-order valence-electron chi connectivity index (χ4n) is 2.16. The Morgan fingerprint density at radius 1 is 1.00 bits per heavy atom. The van der Waals surface area contributed by atoms with E-state index in [-0.39, 0.29) is 27.4 Å². The molecule has 3 rings (SSSR count). The Balaban J connectivity index is 2.36. The maximum Gasteiger partial charge on any atom is 0.139 e. The molecular formula is C15H8ClF2NO. The molecular weight excluding hydrogens is 284 g/mol. The van der Waals surface area contributed by atoms with Gasteiger partial charge in [-0.3, -0.25) is 0 Å². The summed E-state index contributed by atoms with van der Waals surface area (Å²) in [6.07, 6.45) is 1.37. The summed E-state index contributed by atoms with van der Waals surface area (Å²) in [5, 5.41) is 10.6. The highest BCUT2D eigenvalue weighted by Gasteiger charge is 2.17. The molecule has 0 radical (unpaired) electrons. The van der Waals surface area contributed by atoms with Gasteiger partial charge in [0.15, 0.2) is 0 Å². The second kappa shape index (κ2) is 4.72. The first kappa shape index (κ1) is 12.8. The zero-order valence-corrected chi connectivity index (χ0v) is 10.8. The summed E-state index contributed by atoms with van der Waals surface area (Å²) in [7, 11) is 0. The van der Waals surface area contributed by atoms with Gasteiger partial charge in [0.05, 0.1) is 5.56 Å². The molecule has 100 valence electrons. The number of rotatable bonds is 1. The Labute approximate surface area is 118 Å². The second-order valence-corrected chi connectivity index (χ2v) is 4.62. The lowest BCUT2D eigenvalue weighted by molar-refractivity contribution is 0.471. The van der Waals surface area contributed by atoms with Crippen LogP contribution in [-0.2, 0) is 0 Å². The molecule has 3 aromatic rings. The highest BCUT2D eigenvalue weighted by Crippen LogP contribution is 2.36. The van der Waals surface area contributed by atoms with Crippen LogP contribution in [0.2, 0.25) is 5.15 Å². The van der Waals surface area contributed by atoms with Crippen molar-refractivity contribution in [2.45, 2.75) is 0 Å². The molecule has 0 fully saturated rings. The van der Waals surface area contributed by atoms with E-state index in [1.807, 2.05) is 0 Å². The third kappa shape index (κ3) is 1.89. The lowest BCUT2D eigenvalue weighted by atomic mass is 10.00. The van der Waals surface area contributed by atoms with Crippen LogP contribution in [0.25, 0.3) is 21.9 Å². The van der Waals surface area contributed by atoms with Crippen molar-refractivity contribution >= 4 is 22.4 Å². The second-order valence-electron chi connectivity index (χ2n) is 4.26. The summed E-state index contributed by atoms with van der Waals surface area (Å²) in [6, 6.07) is 8.21. The number of hydrogen-bond donors (Lipinski definition) is 1. The number of phenols is 1. The van der Waals surface area contributed by atoms with Crippen molar-refractivity contribution in [3.63, 3.8) is 0 Å². The van der Waals surface area contributed by atoms with Gasteiger partial charge in [0.25, 0.3) is 0 Å². The predicted molar refractivity (Wildman–Crippen MR) is 73.8 cm³/mol. The number of hydrogen-bond acceptors (Lipinski definition) is 2. The third-order valence-corrected chi connectivity index (χ3v) is 3.39. The lowest BCUT2D eigenvalue weighted by Crippen LogP contribution is -1.92. The van der Waals surface area contributed by atoms with Crippen LogP contribution in [0.15, 0.2) is 42.6 Å². The van der Waals surface area contributed by atoms with Crippen LogP contribution < -0.4 is 0 Å². The molecule has 0 amide bonds. The van der Waals surface area contributed by atoms with E-state index in [1.54, 1.807) is 6.07 Å². The van der Waals surface area contributed by atoms with Gasteiger partial charge in [-0.1, -0.05) is 29.8 Å². The van der Waals surface area contributed by atoms with E-state index in [1.165, 1.54) is 30.5 Å². The molecule has 1 heterocycles. The van der Waals surface area contributed by atoms with Gasteiger partial charge in [-0.15, -0.1) is 0 Å². The summed E-state index contributed by atoms with van der Waals surface area (Å²) in [5.74, 6) is -1.65. The molecule has 0 unspecified atom stereocenters. The monoisotopic (exact) mass is 291 g/mol. The van der Waals surface area contributed by atoms with Crippen molar-refractivity contribution in [2.75, 3.05) is 0 Å². The molecule has 0 saturated heterocycles. The van der Waals surface area contributed by atoms with Gasteiger partial charge in [-0.25, -0.2) is 13.8 Å². The SMILES string of the molecule is Oc1cccc(F)c1-c1ccc2c(Cl)nccc2c1F. The standard InChI is InChI=1S/C15H8ClF2NO/c16-15-9-4-5-10(14(18)8(9)6-7-19-15)13-11(17)2-1-3-12(13)20/h1-7,20H. The summed E-state index contributed by atoms with van der Waals surface area (Å²) in [6.45, 7) is 0. The topological polar surface area (TPSA) is 33.1 Å². The molecule has 0 atom stereocenters. The van der Waals surface area contributed by atoms with Crippen LogP contribution in [0.3, 0.4) is 0 Å². The molecule has 0 aliphatic heterocycles. The van der Waals surface area contributed by atoms with Crippen LogP contribution >= 0.6 is 11.6 Å². The van der Waals surface area contributed by atoms with Gasteiger partial charge < -0.3 is 5.11 Å². The van der Waals surface area contributed by atoms with E-state index >= 15 is 0 Å². The molecule has 20 heavy (non-hydrogen) atoms. The molecule has 0 bridgehead atoms. The van der Waals surface area contributed by atoms with Gasteiger partial charge in [0, 0.05) is 22.5 Å². The van der Waals surface area contributed by atoms with Crippen molar-refractivity contribution in [2.24, 2.45) is 0 Å². The van der Waals surface area contributed by atoms with Crippen LogP contribution in [0.5, 0.6) is 5.75 Å². The predicted octanol–water partition coefficient (Wildman–Crippen LogP) is 4.54. The summed E-state index contributed by atoms with van der Waals surface area (Å²) >= 11 is 5.89. The van der Waals surface area contributed by atoms with Gasteiger partial charge in [0.2, 0.25) is 0 Å². The van der Waals surface area contributed by atoms with Gasteiger partial charge in [-0.05, 0) is 18.2 Å². The van der Waals surface area contributed by atoms with Crippen LogP contribution in [0, 0.1) is 11.6 Å². The minimum atomic E-state index is -0.691. The van der Waals surface area contributed by atoms with Crippen molar-refractivity contribution in [3.05, 3.63) is 59.4 Å². The van der Waals surface area contributed by atoms with Gasteiger partial charge in [-0.2, -0.15) is 0 Å². The lowest BCUT2D eigenvalue weighted by Gasteiger charge is -2.10. The molecule has 0 aliphatic carbocycles. The van der Waals surface area contributed by atoms with Crippen molar-refractivity contribution in [3.8, 4) is 16.9 Å². The van der Waals surface area contributed by atoms with Crippen LogP contribution in [-0.4, -0.2) is 10.1 Å². The summed E-state index contributed by atoms with van der Waals surface area (Å²) < 4.78 is 28.4. The molecule has 2 aromatic carbocycles. The maximum atomic E-state index is 14.5. The zero-order chi connectivity index (χ0) is 14.3. The largest absolute Gasteiger partial charge is 0.507 e. The third-order valence-electron chi connectivity index (χ3n) is 3.09. The molecule has 2 nitrogen and oxygen atoms in total. The number of aromatic hydroxyl groups is 1. The van der Waals surface area contributed by atoms with Crippen molar-refractivity contribution in [1.29, 1.82) is 0 Å². The van der Waals surface area contributed by atoms with E-state index < -0.39 is 11.6 Å². The Kier molecular flexibility index (Phi) is 3.03. The quantitative estimate of drug-likeness (QED) is 0.668. The van der Waals surface area contributed by atoms with Gasteiger partial charge in [0.1, 0.15) is 22.5 Å². The molecule has 1 N–H and O–H groups in total. The number of aromatic nitrogens is 1. The molecule has 0 aliphatic rings. The van der Waals surface area contributed by atoms with Crippen LogP contribution in [0.4, 0.5) is 8.78 Å². The molecule has 1 aromatic heterocycles. The molecule has 0 saturated carbocycles. The van der Waals surface area contributed by atoms with E-state index in [0.717, 1.165) is 6.07 Å². The highest BCUT2D eigenvalue weighted by molar-refractivity contribution is 6.34. The number of halogens is 3. The fourth-order valence-corrected chi connectivity index (χ4v) is 2.38. The van der Waals surface area contributed by atoms with Gasteiger partial charge >= 0.3 is 0 Å². The number of phenolic OH excluding ortho intramolecular Hbond substituents is 1. The maximum absolute atomic E-state index is 14.5. The number of fused-ring (bicyclic) bond motifs is 1. The Morgan fingerprint density at radius 2 is 1.80 bits per heavy atom. The first-order valence-electron chi connectivity index (χ1n) is 5.80. The van der Waals surface area contributed by atoms with Crippen LogP contribution in [0.1, 0.15) is 0 Å². The average molecular weight is 292 g/mol. The minimum Gasteiger partial charge on any atom is -0.507 e. The van der Waals surface area contributed by atoms with Crippen molar-refractivity contribution < 1.29 is 13.9 Å². The van der Waals surface area contributed by atoms with Crippen molar-refractivity contribution in [1.82, 2.24) is 4.98 Å². The smallest absolute Gasteiger partial charge is 0.139 e. The van der Waals surface area contributed by atoms with E-state index in [9.17, 15) is 13.9 Å². The Bertz CT molecular complexity index is 800. The number of pyridine rings is 1. The Morgan fingerprint density at radius 3 is 2.55 bits per heavy atom. The van der Waals surface area contributed by atoms with E-state index in [4.69, 9.17) is 11.6 Å². The summed E-state index contributed by atoms with van der Waals surface area (Å²) in [5.41, 5.74) is -0.185. The normalized spacial score (nSPS) is 10.9. The average Bonchev–Trinajstić information content (AvgIpc) is 2.42. The first-order valence-corrected chi connectivity index (χ1v) is 6.18. The van der Waals surface area contributed by atoms with E-state index in [0.29, 0.717) is 5.39 Å². The minimum absolute atomic E-state index is 0.0182. The van der Waals surface area contributed by atoms with E-state index in [2.05, 4.69) is 4.98 Å². The number of benzene rings is 2. The first-order chi connectivity index (χ1) is 9.59. The highest BCUT2D eigenvalue weighted by atomic mass is 35.5. The zero-order valence-electron chi connectivity index (χ0n) is 10.1. The Hall–Kier alpha value is -2.20.